The highest BCUT2D eigenvalue weighted by Crippen LogP contribution is 2.09. The predicted molar refractivity (Wildman–Crippen MR) is 57.1 cm³/mol. The van der Waals surface area contributed by atoms with Crippen molar-refractivity contribution in [3.05, 3.63) is 0 Å². The van der Waals surface area contributed by atoms with Gasteiger partial charge in [0.1, 0.15) is 6.04 Å². The number of hydrogen-bond acceptors (Lipinski definition) is 4. The smallest absolute Gasteiger partial charge is 0.326 e. The Morgan fingerprint density at radius 3 is 2.75 bits per heavy atom. The monoisotopic (exact) mass is 230 g/mol. The molecule has 1 fully saturated rings. The van der Waals surface area contributed by atoms with E-state index >= 15 is 0 Å². The van der Waals surface area contributed by atoms with Gasteiger partial charge < -0.3 is 20.5 Å². The number of carboxylic acid groups (broad SMARTS) is 1. The first kappa shape index (κ1) is 12.9. The number of ether oxygens (including phenoxy) is 1. The molecule has 1 heterocycles. The highest BCUT2D eigenvalue weighted by molar-refractivity contribution is 5.87. The van der Waals surface area contributed by atoms with Gasteiger partial charge in [-0.25, -0.2) is 4.79 Å². The van der Waals surface area contributed by atoms with Gasteiger partial charge in [0, 0.05) is 13.7 Å². The highest BCUT2D eigenvalue weighted by atomic mass is 16.5. The number of carboxylic acids is 1. The zero-order valence-electron chi connectivity index (χ0n) is 9.53. The van der Waals surface area contributed by atoms with Crippen LogP contribution in [0.15, 0.2) is 0 Å². The largest absolute Gasteiger partial charge is 0.480 e. The Kier molecular flexibility index (Phi) is 4.70. The molecule has 0 spiro atoms. The molecule has 0 saturated carbocycles. The van der Waals surface area contributed by atoms with E-state index < -0.39 is 12.0 Å². The van der Waals surface area contributed by atoms with Crippen molar-refractivity contribution >= 4 is 11.9 Å². The topological polar surface area (TPSA) is 87.7 Å². The maximum atomic E-state index is 11.7. The van der Waals surface area contributed by atoms with Crippen LogP contribution in [-0.2, 0) is 14.3 Å². The first-order valence-electron chi connectivity index (χ1n) is 5.37. The number of nitrogens with one attached hydrogen (secondary N) is 2. The summed E-state index contributed by atoms with van der Waals surface area (Å²) < 4.78 is 5.11. The fourth-order valence-corrected chi connectivity index (χ4v) is 1.69. The van der Waals surface area contributed by atoms with E-state index in [0.717, 1.165) is 0 Å². The van der Waals surface area contributed by atoms with Gasteiger partial charge in [-0.05, 0) is 12.8 Å². The van der Waals surface area contributed by atoms with Gasteiger partial charge in [0.2, 0.25) is 5.91 Å². The Bertz CT molecular complexity index is 270. The van der Waals surface area contributed by atoms with Gasteiger partial charge in [0.15, 0.2) is 0 Å². The molecule has 1 amide bonds. The lowest BCUT2D eigenvalue weighted by Crippen LogP contribution is -2.47. The second-order valence-electron chi connectivity index (χ2n) is 3.86. The fraction of sp³-hybridized carbons (Fsp3) is 0.800. The standard InChI is InChI=1S/C10H18N2O4/c1-3-7(10(14)15)12-9(13)8-4-6(16-2)5-11-8/h6-8,11H,3-5H2,1-2H3,(H,12,13)(H,14,15)/t6?,7-,8?/m1/s1. The normalized spacial score (nSPS) is 26.4. The minimum absolute atomic E-state index is 0.0284. The lowest BCUT2D eigenvalue weighted by molar-refractivity contribution is -0.142. The van der Waals surface area contributed by atoms with Crippen molar-refractivity contribution in [1.82, 2.24) is 10.6 Å². The molecule has 1 rings (SSSR count). The van der Waals surface area contributed by atoms with Crippen molar-refractivity contribution in [1.29, 1.82) is 0 Å². The molecule has 0 radical (unpaired) electrons. The second-order valence-corrected chi connectivity index (χ2v) is 3.86. The van der Waals surface area contributed by atoms with Crippen molar-refractivity contribution in [2.75, 3.05) is 13.7 Å². The van der Waals surface area contributed by atoms with E-state index in [1.54, 1.807) is 14.0 Å². The van der Waals surface area contributed by atoms with Crippen LogP contribution in [0.2, 0.25) is 0 Å². The number of rotatable bonds is 5. The Hall–Kier alpha value is -1.14. The third-order valence-corrected chi connectivity index (χ3v) is 2.76. The number of carbonyl (C=O) groups excluding carboxylic acids is 1. The molecule has 6 nitrogen and oxygen atoms in total. The molecule has 1 saturated heterocycles. The van der Waals surface area contributed by atoms with Gasteiger partial charge >= 0.3 is 5.97 Å². The molecule has 16 heavy (non-hydrogen) atoms. The van der Waals surface area contributed by atoms with Crippen molar-refractivity contribution in [2.45, 2.75) is 38.0 Å². The maximum absolute atomic E-state index is 11.7. The summed E-state index contributed by atoms with van der Waals surface area (Å²) in [6.45, 7) is 2.34. The quantitative estimate of drug-likeness (QED) is 0.583. The van der Waals surface area contributed by atoms with Crippen molar-refractivity contribution in [2.24, 2.45) is 0 Å². The summed E-state index contributed by atoms with van der Waals surface area (Å²) in [5.41, 5.74) is 0. The molecule has 6 heteroatoms. The van der Waals surface area contributed by atoms with Gasteiger partial charge in [-0.15, -0.1) is 0 Å². The predicted octanol–water partition coefficient (Wildman–Crippen LogP) is -0.657. The van der Waals surface area contributed by atoms with Crippen molar-refractivity contribution in [3.8, 4) is 0 Å². The van der Waals surface area contributed by atoms with Crippen molar-refractivity contribution in [3.63, 3.8) is 0 Å². The molecule has 0 aliphatic carbocycles. The average Bonchev–Trinajstić information content (AvgIpc) is 2.73. The zero-order valence-corrected chi connectivity index (χ0v) is 9.53. The molecule has 92 valence electrons. The lowest BCUT2D eigenvalue weighted by atomic mass is 10.1. The summed E-state index contributed by atoms with van der Waals surface area (Å²) in [7, 11) is 1.60. The summed E-state index contributed by atoms with van der Waals surface area (Å²) >= 11 is 0. The summed E-state index contributed by atoms with van der Waals surface area (Å²) in [5.74, 6) is -1.27. The van der Waals surface area contributed by atoms with Crippen LogP contribution in [0.5, 0.6) is 0 Å². The van der Waals surface area contributed by atoms with Crippen LogP contribution in [0.25, 0.3) is 0 Å². The molecule has 1 aliphatic rings. The van der Waals surface area contributed by atoms with Gasteiger partial charge in [0.25, 0.3) is 0 Å². The van der Waals surface area contributed by atoms with E-state index in [2.05, 4.69) is 10.6 Å². The Morgan fingerprint density at radius 1 is 1.62 bits per heavy atom. The number of methoxy groups -OCH3 is 1. The Labute approximate surface area is 94.3 Å². The first-order chi connectivity index (χ1) is 7.58. The fourth-order valence-electron chi connectivity index (χ4n) is 1.69. The van der Waals surface area contributed by atoms with E-state index in [0.29, 0.717) is 19.4 Å². The molecular weight excluding hydrogens is 212 g/mol. The first-order valence-corrected chi connectivity index (χ1v) is 5.37. The molecule has 3 N–H and O–H groups in total. The van der Waals surface area contributed by atoms with Crippen LogP contribution < -0.4 is 10.6 Å². The summed E-state index contributed by atoms with van der Waals surface area (Å²) in [6.07, 6.45) is 0.987. The number of carbonyl (C=O) groups is 2. The summed E-state index contributed by atoms with van der Waals surface area (Å²) in [6, 6.07) is -1.16. The molecule has 0 bridgehead atoms. The van der Waals surface area contributed by atoms with Crippen LogP contribution in [0.4, 0.5) is 0 Å². The van der Waals surface area contributed by atoms with E-state index in [1.165, 1.54) is 0 Å². The molecule has 0 aromatic carbocycles. The SMILES string of the molecule is CC[C@@H](NC(=O)C1CC(OC)CN1)C(=O)O. The van der Waals surface area contributed by atoms with E-state index in [4.69, 9.17) is 9.84 Å². The van der Waals surface area contributed by atoms with Crippen LogP contribution in [0.1, 0.15) is 19.8 Å². The van der Waals surface area contributed by atoms with Gasteiger partial charge in [0.05, 0.1) is 12.1 Å². The highest BCUT2D eigenvalue weighted by Gasteiger charge is 2.31. The molecule has 1 aliphatic heterocycles. The third-order valence-electron chi connectivity index (χ3n) is 2.76. The lowest BCUT2D eigenvalue weighted by Gasteiger charge is -2.15. The molecule has 0 aromatic heterocycles. The minimum atomic E-state index is -1.00. The molecule has 2 unspecified atom stereocenters. The van der Waals surface area contributed by atoms with Crippen LogP contribution in [-0.4, -0.2) is 48.8 Å². The average molecular weight is 230 g/mol. The van der Waals surface area contributed by atoms with E-state index in [1.807, 2.05) is 0 Å². The number of hydrogen-bond donors (Lipinski definition) is 3. The second kappa shape index (κ2) is 5.81. The molecule has 3 atom stereocenters. The van der Waals surface area contributed by atoms with Crippen LogP contribution >= 0.6 is 0 Å². The minimum Gasteiger partial charge on any atom is -0.480 e. The molecule has 0 aromatic rings. The molecular formula is C10H18N2O4. The summed E-state index contributed by atoms with van der Waals surface area (Å²) in [5, 5.41) is 14.3. The van der Waals surface area contributed by atoms with E-state index in [9.17, 15) is 9.59 Å². The Balaban J connectivity index is 2.43. The third kappa shape index (κ3) is 3.18. The van der Waals surface area contributed by atoms with Gasteiger partial charge in [-0.3, -0.25) is 4.79 Å². The van der Waals surface area contributed by atoms with E-state index in [-0.39, 0.29) is 18.1 Å². The number of aliphatic carboxylic acids is 1. The van der Waals surface area contributed by atoms with Crippen LogP contribution in [0.3, 0.4) is 0 Å². The maximum Gasteiger partial charge on any atom is 0.326 e. The zero-order chi connectivity index (χ0) is 12.1. The number of amides is 1. The van der Waals surface area contributed by atoms with Crippen molar-refractivity contribution < 1.29 is 19.4 Å². The van der Waals surface area contributed by atoms with Crippen LogP contribution in [0, 0.1) is 0 Å². The summed E-state index contributed by atoms with van der Waals surface area (Å²) in [4.78, 5) is 22.4. The Morgan fingerprint density at radius 2 is 2.31 bits per heavy atom. The van der Waals surface area contributed by atoms with Gasteiger partial charge in [-0.2, -0.15) is 0 Å². The van der Waals surface area contributed by atoms with Gasteiger partial charge in [-0.1, -0.05) is 6.92 Å².